The number of rotatable bonds is 5. The maximum Gasteiger partial charge on any atom is 0.0233 e. The first-order valence-corrected chi connectivity index (χ1v) is 8.08. The normalized spacial score (nSPS) is 19.4. The molecular weight excluding hydrogens is 244 g/mol. The Morgan fingerprint density at radius 3 is 2.55 bits per heavy atom. The highest BCUT2D eigenvalue weighted by Gasteiger charge is 2.22. The summed E-state index contributed by atoms with van der Waals surface area (Å²) in [4.78, 5) is 2.59. The molecule has 2 rings (SSSR count). The summed E-state index contributed by atoms with van der Waals surface area (Å²) >= 11 is 0. The largest absolute Gasteiger partial charge is 0.327 e. The molecule has 1 unspecified atom stereocenters. The first kappa shape index (κ1) is 15.5. The topological polar surface area (TPSA) is 29.3 Å². The van der Waals surface area contributed by atoms with Gasteiger partial charge in [0.05, 0.1) is 0 Å². The number of nitrogens with zero attached hydrogens (tertiary/aromatic N) is 1. The van der Waals surface area contributed by atoms with E-state index in [9.17, 15) is 0 Å². The molecule has 1 aromatic carbocycles. The van der Waals surface area contributed by atoms with Crippen LogP contribution in [-0.4, -0.2) is 24.0 Å². The lowest BCUT2D eigenvalue weighted by Crippen LogP contribution is -2.37. The first-order chi connectivity index (χ1) is 9.54. The van der Waals surface area contributed by atoms with Crippen LogP contribution < -0.4 is 5.73 Å². The summed E-state index contributed by atoms with van der Waals surface area (Å²) < 4.78 is 0. The summed E-state index contributed by atoms with van der Waals surface area (Å²) in [5.41, 5.74) is 9.02. The lowest BCUT2D eigenvalue weighted by molar-refractivity contribution is 0.163. The molecule has 20 heavy (non-hydrogen) atoms. The van der Waals surface area contributed by atoms with Gasteiger partial charge in [0.2, 0.25) is 0 Å². The summed E-state index contributed by atoms with van der Waals surface area (Å²) in [5.74, 6) is 1.45. The Morgan fingerprint density at radius 2 is 1.95 bits per heavy atom. The van der Waals surface area contributed by atoms with Crippen LogP contribution in [0.15, 0.2) is 24.3 Å². The molecule has 1 saturated heterocycles. The van der Waals surface area contributed by atoms with E-state index in [2.05, 4.69) is 49.9 Å². The van der Waals surface area contributed by atoms with Crippen molar-refractivity contribution in [3.63, 3.8) is 0 Å². The zero-order valence-electron chi connectivity index (χ0n) is 13.3. The van der Waals surface area contributed by atoms with Crippen molar-refractivity contribution in [1.29, 1.82) is 0 Å². The van der Waals surface area contributed by atoms with Crippen molar-refractivity contribution in [2.24, 2.45) is 17.6 Å². The van der Waals surface area contributed by atoms with Crippen molar-refractivity contribution in [3.05, 3.63) is 35.4 Å². The molecule has 1 atom stereocenters. The maximum absolute atomic E-state index is 6.21. The van der Waals surface area contributed by atoms with E-state index in [1.54, 1.807) is 0 Å². The minimum absolute atomic E-state index is 0.378. The lowest BCUT2D eigenvalue weighted by Gasteiger charge is -2.33. The molecule has 0 radical (unpaired) electrons. The molecule has 1 heterocycles. The van der Waals surface area contributed by atoms with Gasteiger partial charge in [-0.1, -0.05) is 43.7 Å². The van der Waals surface area contributed by atoms with Gasteiger partial charge in [0.15, 0.2) is 0 Å². The first-order valence-electron chi connectivity index (χ1n) is 8.08. The minimum Gasteiger partial charge on any atom is -0.327 e. The number of piperidine rings is 1. The van der Waals surface area contributed by atoms with E-state index < -0.39 is 0 Å². The Morgan fingerprint density at radius 1 is 1.25 bits per heavy atom. The Hall–Kier alpha value is -0.860. The Balaban J connectivity index is 1.77. The summed E-state index contributed by atoms with van der Waals surface area (Å²) in [7, 11) is 0. The average molecular weight is 274 g/mol. The molecule has 2 nitrogen and oxygen atoms in total. The van der Waals surface area contributed by atoms with Gasteiger partial charge in [-0.3, -0.25) is 4.90 Å². The smallest absolute Gasteiger partial charge is 0.0233 e. The molecule has 0 spiro atoms. The van der Waals surface area contributed by atoms with E-state index in [0.717, 1.165) is 12.5 Å². The molecule has 1 aliphatic heterocycles. The fourth-order valence-electron chi connectivity index (χ4n) is 3.11. The van der Waals surface area contributed by atoms with Crippen LogP contribution in [0.5, 0.6) is 0 Å². The van der Waals surface area contributed by atoms with Crippen LogP contribution >= 0.6 is 0 Å². The predicted octanol–water partition coefficient (Wildman–Crippen LogP) is 3.58. The molecule has 1 fully saturated rings. The van der Waals surface area contributed by atoms with Gasteiger partial charge < -0.3 is 5.73 Å². The van der Waals surface area contributed by atoms with Crippen LogP contribution in [-0.2, 0) is 6.54 Å². The third-order valence-electron chi connectivity index (χ3n) is 4.66. The highest BCUT2D eigenvalue weighted by atomic mass is 15.1. The molecule has 0 aromatic heterocycles. The maximum atomic E-state index is 6.21. The quantitative estimate of drug-likeness (QED) is 0.889. The fourth-order valence-corrected chi connectivity index (χ4v) is 3.11. The van der Waals surface area contributed by atoms with Crippen molar-refractivity contribution in [2.45, 2.75) is 52.6 Å². The number of aryl methyl sites for hydroxylation is 1. The van der Waals surface area contributed by atoms with Crippen molar-refractivity contribution in [1.82, 2.24) is 4.90 Å². The summed E-state index contributed by atoms with van der Waals surface area (Å²) in [6, 6.07) is 9.26. The second-order valence-electron chi connectivity index (χ2n) is 6.85. The zero-order valence-corrected chi connectivity index (χ0v) is 13.3. The van der Waals surface area contributed by atoms with Gasteiger partial charge in [-0.25, -0.2) is 0 Å². The van der Waals surface area contributed by atoms with E-state index in [1.165, 1.54) is 43.5 Å². The minimum atomic E-state index is 0.378. The lowest BCUT2D eigenvalue weighted by atomic mass is 9.87. The second-order valence-corrected chi connectivity index (χ2v) is 6.85. The summed E-state index contributed by atoms with van der Waals surface area (Å²) in [5, 5.41) is 0. The highest BCUT2D eigenvalue weighted by Crippen LogP contribution is 2.24. The highest BCUT2D eigenvalue weighted by molar-refractivity contribution is 5.22. The Bertz CT molecular complexity index is 406. The van der Waals surface area contributed by atoms with E-state index in [4.69, 9.17) is 5.73 Å². The van der Waals surface area contributed by atoms with E-state index >= 15 is 0 Å². The summed E-state index contributed by atoms with van der Waals surface area (Å²) in [6.07, 6.45) is 3.83. The Kier molecular flexibility index (Phi) is 5.62. The SMILES string of the molecule is Cc1cccc(CN2CCC(CC(N)C(C)C)CC2)c1. The van der Waals surface area contributed by atoms with E-state index in [-0.39, 0.29) is 0 Å². The van der Waals surface area contributed by atoms with Crippen molar-refractivity contribution in [3.8, 4) is 0 Å². The monoisotopic (exact) mass is 274 g/mol. The van der Waals surface area contributed by atoms with Crippen LogP contribution in [0.1, 0.15) is 44.2 Å². The molecule has 1 aliphatic rings. The van der Waals surface area contributed by atoms with Crippen LogP contribution in [0.4, 0.5) is 0 Å². The van der Waals surface area contributed by atoms with Crippen LogP contribution in [0.25, 0.3) is 0 Å². The van der Waals surface area contributed by atoms with Gasteiger partial charge >= 0.3 is 0 Å². The van der Waals surface area contributed by atoms with Gasteiger partial charge in [-0.15, -0.1) is 0 Å². The Labute approximate surface area is 124 Å². The number of likely N-dealkylation sites (tertiary alicyclic amines) is 1. The van der Waals surface area contributed by atoms with Crippen molar-refractivity contribution < 1.29 is 0 Å². The van der Waals surface area contributed by atoms with Gasteiger partial charge in [-0.2, -0.15) is 0 Å². The molecule has 2 heteroatoms. The van der Waals surface area contributed by atoms with Gasteiger partial charge in [0.25, 0.3) is 0 Å². The molecule has 0 aliphatic carbocycles. The molecular formula is C18H30N2. The van der Waals surface area contributed by atoms with Gasteiger partial charge in [0, 0.05) is 12.6 Å². The van der Waals surface area contributed by atoms with Crippen LogP contribution in [0, 0.1) is 18.8 Å². The predicted molar refractivity (Wildman–Crippen MR) is 86.6 cm³/mol. The van der Waals surface area contributed by atoms with E-state index in [1.807, 2.05) is 0 Å². The number of hydrogen-bond donors (Lipinski definition) is 1. The average Bonchev–Trinajstić information content (AvgIpc) is 2.41. The molecule has 0 amide bonds. The van der Waals surface area contributed by atoms with Crippen molar-refractivity contribution in [2.75, 3.05) is 13.1 Å². The molecule has 0 bridgehead atoms. The van der Waals surface area contributed by atoms with Crippen LogP contribution in [0.3, 0.4) is 0 Å². The number of nitrogens with two attached hydrogens (primary N) is 1. The second kappa shape index (κ2) is 7.24. The molecule has 112 valence electrons. The molecule has 0 saturated carbocycles. The summed E-state index contributed by atoms with van der Waals surface area (Å²) in [6.45, 7) is 10.2. The van der Waals surface area contributed by atoms with Crippen LogP contribution in [0.2, 0.25) is 0 Å². The molecule has 2 N–H and O–H groups in total. The third kappa shape index (κ3) is 4.60. The van der Waals surface area contributed by atoms with Gasteiger partial charge in [-0.05, 0) is 56.7 Å². The standard InChI is InChI=1S/C18H30N2/c1-14(2)18(19)12-16-7-9-20(10-8-16)13-17-6-4-5-15(3)11-17/h4-6,11,14,16,18H,7-10,12-13,19H2,1-3H3. The number of hydrogen-bond acceptors (Lipinski definition) is 2. The van der Waals surface area contributed by atoms with Crippen molar-refractivity contribution >= 4 is 0 Å². The fraction of sp³-hybridized carbons (Fsp3) is 0.667. The third-order valence-corrected chi connectivity index (χ3v) is 4.66. The zero-order chi connectivity index (χ0) is 14.5. The number of benzene rings is 1. The molecule has 1 aromatic rings. The van der Waals surface area contributed by atoms with Gasteiger partial charge in [0.1, 0.15) is 0 Å². The van der Waals surface area contributed by atoms with E-state index in [0.29, 0.717) is 12.0 Å².